The van der Waals surface area contributed by atoms with E-state index in [2.05, 4.69) is 13.8 Å². The highest BCUT2D eigenvalue weighted by atomic mass is 35.5. The number of ketones is 1. The summed E-state index contributed by atoms with van der Waals surface area (Å²) in [6.45, 7) is 6.57. The molecule has 0 saturated carbocycles. The summed E-state index contributed by atoms with van der Waals surface area (Å²) in [7, 11) is 2.79. The standard InChI is InChI=1S/C26H29Cl2NO5/c1-6-7-12-29-21(16-10-8-15(9-11-16)14(2)3)19(23(31)26(29)32)22(30)17-13-18(27)25(34-5)20(28)24(17)33-4/h8-11,13-14,21,30H,6-7,12H2,1-5H3/b22-19+. The van der Waals surface area contributed by atoms with Crippen LogP contribution in [0.4, 0.5) is 0 Å². The smallest absolute Gasteiger partial charge is 0.295 e. The predicted octanol–water partition coefficient (Wildman–Crippen LogP) is 6.36. The lowest BCUT2D eigenvalue weighted by molar-refractivity contribution is -0.139. The fraction of sp³-hybridized carbons (Fsp3) is 0.385. The fourth-order valence-electron chi connectivity index (χ4n) is 4.14. The Labute approximate surface area is 210 Å². The second-order valence-electron chi connectivity index (χ2n) is 8.45. The van der Waals surface area contributed by atoms with Crippen LogP contribution in [0.5, 0.6) is 11.5 Å². The first kappa shape index (κ1) is 25.9. The first-order valence-electron chi connectivity index (χ1n) is 11.2. The Kier molecular flexibility index (Phi) is 8.16. The van der Waals surface area contributed by atoms with Gasteiger partial charge in [0.2, 0.25) is 0 Å². The van der Waals surface area contributed by atoms with Gasteiger partial charge in [-0.2, -0.15) is 0 Å². The van der Waals surface area contributed by atoms with Crippen molar-refractivity contribution in [2.45, 2.75) is 45.6 Å². The van der Waals surface area contributed by atoms with Gasteiger partial charge in [0.15, 0.2) is 11.5 Å². The molecule has 1 heterocycles. The zero-order valence-electron chi connectivity index (χ0n) is 19.9. The number of hydrogen-bond donors (Lipinski definition) is 1. The van der Waals surface area contributed by atoms with Gasteiger partial charge in [0.1, 0.15) is 10.8 Å². The Morgan fingerprint density at radius 3 is 2.24 bits per heavy atom. The lowest BCUT2D eigenvalue weighted by Crippen LogP contribution is -2.30. The number of aliphatic hydroxyl groups is 1. The molecule has 1 N–H and O–H groups in total. The molecule has 0 spiro atoms. The third-order valence-electron chi connectivity index (χ3n) is 6.01. The van der Waals surface area contributed by atoms with E-state index in [0.717, 1.165) is 24.0 Å². The van der Waals surface area contributed by atoms with Crippen molar-refractivity contribution < 1.29 is 24.2 Å². The van der Waals surface area contributed by atoms with E-state index in [1.54, 1.807) is 0 Å². The van der Waals surface area contributed by atoms with E-state index in [1.807, 2.05) is 31.2 Å². The Balaban J connectivity index is 2.26. The molecule has 1 aliphatic rings. The minimum absolute atomic E-state index is 0.0333. The second-order valence-corrected chi connectivity index (χ2v) is 9.24. The zero-order chi connectivity index (χ0) is 25.2. The molecule has 1 saturated heterocycles. The van der Waals surface area contributed by atoms with Crippen molar-refractivity contribution in [3.63, 3.8) is 0 Å². The van der Waals surface area contributed by atoms with E-state index >= 15 is 0 Å². The Bertz CT molecular complexity index is 1130. The van der Waals surface area contributed by atoms with Crippen LogP contribution in [0.15, 0.2) is 35.9 Å². The van der Waals surface area contributed by atoms with Gasteiger partial charge in [0, 0.05) is 6.54 Å². The molecule has 2 aromatic carbocycles. The van der Waals surface area contributed by atoms with Crippen molar-refractivity contribution in [1.82, 2.24) is 4.90 Å². The van der Waals surface area contributed by atoms with Gasteiger partial charge in [-0.1, -0.05) is 74.7 Å². The van der Waals surface area contributed by atoms with Gasteiger partial charge < -0.3 is 19.5 Å². The van der Waals surface area contributed by atoms with Crippen LogP contribution in [0.2, 0.25) is 10.0 Å². The normalized spacial score (nSPS) is 17.5. The van der Waals surface area contributed by atoms with Crippen molar-refractivity contribution in [2.24, 2.45) is 0 Å². The summed E-state index contributed by atoms with van der Waals surface area (Å²) in [5.74, 6) is -1.23. The predicted molar refractivity (Wildman–Crippen MR) is 134 cm³/mol. The molecule has 0 aromatic heterocycles. The SMILES string of the molecule is CCCCN1C(=O)C(=O)/C(=C(/O)c2cc(Cl)c(OC)c(Cl)c2OC)C1c1ccc(C(C)C)cc1. The van der Waals surface area contributed by atoms with Crippen LogP contribution in [0, 0.1) is 0 Å². The van der Waals surface area contributed by atoms with Crippen molar-refractivity contribution in [3.8, 4) is 11.5 Å². The van der Waals surface area contributed by atoms with Crippen LogP contribution in [0.25, 0.3) is 5.76 Å². The monoisotopic (exact) mass is 505 g/mol. The van der Waals surface area contributed by atoms with Gasteiger partial charge in [-0.25, -0.2) is 0 Å². The third-order valence-corrected chi connectivity index (χ3v) is 6.63. The molecule has 6 nitrogen and oxygen atoms in total. The molecule has 34 heavy (non-hydrogen) atoms. The summed E-state index contributed by atoms with van der Waals surface area (Å²) in [6, 6.07) is 8.39. The quantitative estimate of drug-likeness (QED) is 0.256. The number of ether oxygens (including phenoxy) is 2. The summed E-state index contributed by atoms with van der Waals surface area (Å²) in [5.41, 5.74) is 1.93. The number of likely N-dealkylation sites (tertiary alicyclic amines) is 1. The maximum Gasteiger partial charge on any atom is 0.295 e. The first-order chi connectivity index (χ1) is 16.2. The van der Waals surface area contributed by atoms with Crippen LogP contribution in [-0.4, -0.2) is 42.5 Å². The number of Topliss-reactive ketones (excluding diaryl/α,β-unsaturated/α-hetero) is 1. The lowest BCUT2D eigenvalue weighted by Gasteiger charge is -2.26. The molecule has 1 amide bonds. The van der Waals surface area contributed by atoms with Gasteiger partial charge in [0.25, 0.3) is 11.7 Å². The maximum absolute atomic E-state index is 13.2. The molecule has 8 heteroatoms. The zero-order valence-corrected chi connectivity index (χ0v) is 21.5. The van der Waals surface area contributed by atoms with E-state index in [4.69, 9.17) is 32.7 Å². The van der Waals surface area contributed by atoms with E-state index in [0.29, 0.717) is 12.5 Å². The van der Waals surface area contributed by atoms with E-state index in [9.17, 15) is 14.7 Å². The summed E-state index contributed by atoms with van der Waals surface area (Å²) in [4.78, 5) is 27.8. The molecule has 3 rings (SSSR count). The highest BCUT2D eigenvalue weighted by Gasteiger charge is 2.46. The van der Waals surface area contributed by atoms with Crippen molar-refractivity contribution in [2.75, 3.05) is 20.8 Å². The Hall–Kier alpha value is -2.70. The molecular formula is C26H29Cl2NO5. The molecule has 1 fully saturated rings. The van der Waals surface area contributed by atoms with Crippen molar-refractivity contribution >= 4 is 40.7 Å². The molecular weight excluding hydrogens is 477 g/mol. The number of carbonyl (C=O) groups excluding carboxylic acids is 2. The fourth-order valence-corrected chi connectivity index (χ4v) is 4.83. The minimum Gasteiger partial charge on any atom is -0.507 e. The van der Waals surface area contributed by atoms with Crippen LogP contribution >= 0.6 is 23.2 Å². The Morgan fingerprint density at radius 1 is 1.09 bits per heavy atom. The average Bonchev–Trinajstić information content (AvgIpc) is 3.07. The molecule has 0 bridgehead atoms. The van der Waals surface area contributed by atoms with Gasteiger partial charge in [-0.15, -0.1) is 0 Å². The van der Waals surface area contributed by atoms with Crippen molar-refractivity contribution in [3.05, 3.63) is 62.6 Å². The first-order valence-corrected chi connectivity index (χ1v) is 11.9. The topological polar surface area (TPSA) is 76.1 Å². The molecule has 2 aromatic rings. The van der Waals surface area contributed by atoms with Crippen LogP contribution in [0.3, 0.4) is 0 Å². The number of methoxy groups -OCH3 is 2. The number of amides is 1. The van der Waals surface area contributed by atoms with Crippen LogP contribution in [0.1, 0.15) is 62.3 Å². The largest absolute Gasteiger partial charge is 0.507 e. The number of carbonyl (C=O) groups is 2. The van der Waals surface area contributed by atoms with Gasteiger partial charge >= 0.3 is 0 Å². The Morgan fingerprint density at radius 2 is 1.71 bits per heavy atom. The molecule has 182 valence electrons. The number of aliphatic hydroxyl groups excluding tert-OH is 1. The molecule has 0 aliphatic carbocycles. The molecule has 1 atom stereocenters. The van der Waals surface area contributed by atoms with Crippen LogP contribution < -0.4 is 9.47 Å². The number of halogens is 2. The average molecular weight is 506 g/mol. The molecule has 0 radical (unpaired) electrons. The summed E-state index contributed by atoms with van der Waals surface area (Å²) < 4.78 is 10.6. The molecule has 1 unspecified atom stereocenters. The highest BCUT2D eigenvalue weighted by molar-refractivity contribution is 6.47. The minimum atomic E-state index is -0.767. The summed E-state index contributed by atoms with van der Waals surface area (Å²) in [6.07, 6.45) is 1.57. The number of hydrogen-bond acceptors (Lipinski definition) is 5. The van der Waals surface area contributed by atoms with E-state index in [1.165, 1.54) is 25.2 Å². The third kappa shape index (κ3) is 4.62. The maximum atomic E-state index is 13.2. The van der Waals surface area contributed by atoms with Crippen LogP contribution in [-0.2, 0) is 9.59 Å². The van der Waals surface area contributed by atoms with E-state index in [-0.39, 0.29) is 32.7 Å². The van der Waals surface area contributed by atoms with Gasteiger partial charge in [-0.05, 0) is 29.5 Å². The number of benzene rings is 2. The highest BCUT2D eigenvalue weighted by Crippen LogP contribution is 2.47. The van der Waals surface area contributed by atoms with Gasteiger partial charge in [0.05, 0.1) is 36.4 Å². The summed E-state index contributed by atoms with van der Waals surface area (Å²) in [5, 5.41) is 11.6. The lowest BCUT2D eigenvalue weighted by atomic mass is 9.93. The second kappa shape index (κ2) is 10.7. The summed E-state index contributed by atoms with van der Waals surface area (Å²) >= 11 is 12.7. The van der Waals surface area contributed by atoms with Crippen molar-refractivity contribution in [1.29, 1.82) is 0 Å². The molecule has 1 aliphatic heterocycles. The number of nitrogens with zero attached hydrogens (tertiary/aromatic N) is 1. The van der Waals surface area contributed by atoms with Gasteiger partial charge in [-0.3, -0.25) is 9.59 Å². The number of rotatable bonds is 8. The van der Waals surface area contributed by atoms with E-state index < -0.39 is 23.5 Å². The number of unbranched alkanes of at least 4 members (excludes halogenated alkanes) is 1.